The zero-order valence-electron chi connectivity index (χ0n) is 16.4. The van der Waals surface area contributed by atoms with E-state index < -0.39 is 6.03 Å². The fourth-order valence-corrected chi connectivity index (χ4v) is 2.77. The second-order valence-corrected chi connectivity index (χ2v) is 8.82. The van der Waals surface area contributed by atoms with Crippen molar-refractivity contribution in [2.24, 2.45) is 0 Å². The minimum absolute atomic E-state index is 0.147. The summed E-state index contributed by atoms with van der Waals surface area (Å²) >= 11 is 0. The highest BCUT2D eigenvalue weighted by molar-refractivity contribution is 5.76. The quantitative estimate of drug-likeness (QED) is 0.630. The van der Waals surface area contributed by atoms with Crippen LogP contribution in [-0.2, 0) is 9.47 Å². The molecule has 0 amide bonds. The number of nitrogens with zero attached hydrogens (tertiary/aromatic N) is 2. The molecule has 128 valence electrons. The smallest absolute Gasteiger partial charge is 0.335 e. The number of allylic oxidation sites excluding steroid dienone is 4. The van der Waals surface area contributed by atoms with Gasteiger partial charge >= 0.3 is 6.03 Å². The lowest BCUT2D eigenvalue weighted by atomic mass is 10.1. The van der Waals surface area contributed by atoms with Gasteiger partial charge in [0.1, 0.15) is 0 Å². The van der Waals surface area contributed by atoms with Gasteiger partial charge in [0.2, 0.25) is 23.9 Å². The molecule has 0 aromatic heterocycles. The Morgan fingerprint density at radius 2 is 1.04 bits per heavy atom. The van der Waals surface area contributed by atoms with Crippen LogP contribution in [0.3, 0.4) is 0 Å². The van der Waals surface area contributed by atoms with E-state index in [9.17, 15) is 0 Å². The Hall–Kier alpha value is -1.58. The van der Waals surface area contributed by atoms with Gasteiger partial charge in [0.25, 0.3) is 0 Å². The van der Waals surface area contributed by atoms with Gasteiger partial charge in [-0.05, 0) is 38.8 Å². The van der Waals surface area contributed by atoms with Crippen molar-refractivity contribution >= 4 is 12.4 Å². The summed E-state index contributed by atoms with van der Waals surface area (Å²) in [6.07, 6.45) is 4.16. The maximum atomic E-state index is 6.42. The maximum Gasteiger partial charge on any atom is 0.705 e. The molecule has 2 aliphatic heterocycles. The fraction of sp³-hybridized carbons (Fsp3) is 0.684. The second-order valence-electron chi connectivity index (χ2n) is 8.82. The number of hydrogen-bond donors (Lipinski definition) is 0. The molecule has 0 N–H and O–H groups in total. The van der Waals surface area contributed by atoms with E-state index >= 15 is 0 Å². The van der Waals surface area contributed by atoms with Gasteiger partial charge in [0.05, 0.1) is 0 Å². The third-order valence-corrected chi connectivity index (χ3v) is 4.02. The highest BCUT2D eigenvalue weighted by Gasteiger charge is 2.73. The normalized spacial score (nSPS) is 20.3. The SMILES string of the molecule is CC(C)=C1C=[N+](C(C)(C)C)C2(O1)OC(=C(C)C)C=[N+]2C(C)(C)C. The minimum Gasteiger partial charge on any atom is -0.335 e. The fourth-order valence-electron chi connectivity index (χ4n) is 2.77. The van der Waals surface area contributed by atoms with Crippen LogP contribution in [0, 0.1) is 0 Å². The molecule has 4 nitrogen and oxygen atoms in total. The predicted molar refractivity (Wildman–Crippen MR) is 93.8 cm³/mol. The molecular formula is C19H32N2O2+2. The van der Waals surface area contributed by atoms with Gasteiger partial charge in [-0.15, -0.1) is 0 Å². The Labute approximate surface area is 140 Å². The first-order chi connectivity index (χ1) is 10.3. The molecule has 0 unspecified atom stereocenters. The van der Waals surface area contributed by atoms with Crippen LogP contribution in [-0.4, -0.2) is 38.7 Å². The van der Waals surface area contributed by atoms with Gasteiger partial charge in [-0.25, -0.2) is 0 Å². The molecular weight excluding hydrogens is 288 g/mol. The molecule has 0 bridgehead atoms. The monoisotopic (exact) mass is 320 g/mol. The summed E-state index contributed by atoms with van der Waals surface area (Å²) in [6.45, 7) is 21.3. The lowest BCUT2D eigenvalue weighted by molar-refractivity contribution is -0.941. The van der Waals surface area contributed by atoms with E-state index in [1.165, 1.54) is 0 Å². The van der Waals surface area contributed by atoms with Crippen LogP contribution < -0.4 is 0 Å². The van der Waals surface area contributed by atoms with E-state index in [1.807, 2.05) is 0 Å². The van der Waals surface area contributed by atoms with Crippen LogP contribution in [0.15, 0.2) is 22.7 Å². The van der Waals surface area contributed by atoms with Crippen LogP contribution in [0.2, 0.25) is 0 Å². The Morgan fingerprint density at radius 1 is 0.739 bits per heavy atom. The van der Waals surface area contributed by atoms with Crippen molar-refractivity contribution in [3.63, 3.8) is 0 Å². The molecule has 0 radical (unpaired) electrons. The summed E-state index contributed by atoms with van der Waals surface area (Å²) in [5, 5.41) is 0. The van der Waals surface area contributed by atoms with Gasteiger partial charge < -0.3 is 9.47 Å². The van der Waals surface area contributed by atoms with Crippen molar-refractivity contribution in [1.29, 1.82) is 0 Å². The van der Waals surface area contributed by atoms with E-state index in [1.54, 1.807) is 0 Å². The van der Waals surface area contributed by atoms with Crippen LogP contribution >= 0.6 is 0 Å². The van der Waals surface area contributed by atoms with Gasteiger partial charge in [0, 0.05) is 41.5 Å². The van der Waals surface area contributed by atoms with E-state index in [2.05, 4.69) is 90.8 Å². The van der Waals surface area contributed by atoms with Crippen LogP contribution in [0.5, 0.6) is 0 Å². The first kappa shape index (κ1) is 17.8. The van der Waals surface area contributed by atoms with Crippen molar-refractivity contribution in [2.45, 2.75) is 86.4 Å². The van der Waals surface area contributed by atoms with Crippen LogP contribution in [0.1, 0.15) is 69.2 Å². The van der Waals surface area contributed by atoms with Gasteiger partial charge in [0.15, 0.2) is 11.1 Å². The van der Waals surface area contributed by atoms with Crippen molar-refractivity contribution in [3.8, 4) is 0 Å². The van der Waals surface area contributed by atoms with E-state index in [0.717, 1.165) is 22.7 Å². The number of hydrogen-bond acceptors (Lipinski definition) is 2. The lowest BCUT2D eigenvalue weighted by Gasteiger charge is -2.27. The van der Waals surface area contributed by atoms with E-state index in [0.29, 0.717) is 0 Å². The molecule has 0 fully saturated rings. The molecule has 0 saturated carbocycles. The van der Waals surface area contributed by atoms with E-state index in [4.69, 9.17) is 9.47 Å². The summed E-state index contributed by atoms with van der Waals surface area (Å²) in [5.74, 6) is 1.75. The highest BCUT2D eigenvalue weighted by Crippen LogP contribution is 2.40. The van der Waals surface area contributed by atoms with Crippen molar-refractivity contribution in [1.82, 2.24) is 0 Å². The maximum absolute atomic E-state index is 6.42. The summed E-state index contributed by atoms with van der Waals surface area (Å²) in [6, 6.07) is -0.963. The Balaban J connectivity index is 2.73. The standard InChI is InChI=1S/C19H32N2O2/c1-13(2)15-11-20(17(5,6)7)19(22-15)21(18(8,9)10)12-16(23-19)14(3)4/h11-12H,1-10H3/q+2. The molecule has 0 aromatic carbocycles. The zero-order chi connectivity index (χ0) is 17.8. The molecule has 4 heteroatoms. The Bertz CT molecular complexity index is 584. The highest BCUT2D eigenvalue weighted by atomic mass is 16.8. The number of ether oxygens (including phenoxy) is 2. The van der Waals surface area contributed by atoms with Gasteiger partial charge in [-0.2, -0.15) is 0 Å². The third-order valence-electron chi connectivity index (χ3n) is 4.02. The predicted octanol–water partition coefficient (Wildman–Crippen LogP) is 4.01. The minimum atomic E-state index is -0.963. The molecule has 23 heavy (non-hydrogen) atoms. The first-order valence-corrected chi connectivity index (χ1v) is 8.30. The number of rotatable bonds is 0. The topological polar surface area (TPSA) is 24.5 Å². The van der Waals surface area contributed by atoms with Crippen LogP contribution in [0.4, 0.5) is 0 Å². The molecule has 0 aliphatic carbocycles. The summed E-state index contributed by atoms with van der Waals surface area (Å²) in [4.78, 5) is 0. The van der Waals surface area contributed by atoms with Gasteiger partial charge in [-0.1, -0.05) is 9.15 Å². The largest absolute Gasteiger partial charge is 0.705 e. The molecule has 0 atom stereocenters. The molecule has 2 rings (SSSR count). The average molecular weight is 320 g/mol. The van der Waals surface area contributed by atoms with Crippen molar-refractivity contribution < 1.29 is 18.6 Å². The summed E-state index contributed by atoms with van der Waals surface area (Å²) in [7, 11) is 0. The van der Waals surface area contributed by atoms with Crippen molar-refractivity contribution in [2.75, 3.05) is 0 Å². The summed E-state index contributed by atoms with van der Waals surface area (Å²) in [5.41, 5.74) is 1.98. The Morgan fingerprint density at radius 3 is 1.26 bits per heavy atom. The lowest BCUT2D eigenvalue weighted by Crippen LogP contribution is -2.60. The average Bonchev–Trinajstić information content (AvgIpc) is 2.90. The van der Waals surface area contributed by atoms with Crippen molar-refractivity contribution in [3.05, 3.63) is 22.7 Å². The molecule has 2 aliphatic rings. The van der Waals surface area contributed by atoms with E-state index in [-0.39, 0.29) is 11.1 Å². The first-order valence-electron chi connectivity index (χ1n) is 8.30. The van der Waals surface area contributed by atoms with Gasteiger partial charge in [-0.3, -0.25) is 0 Å². The molecule has 0 aromatic rings. The zero-order valence-corrected chi connectivity index (χ0v) is 16.4. The molecule has 2 heterocycles. The molecule has 0 saturated heterocycles. The molecule has 1 spiro atoms. The van der Waals surface area contributed by atoms with Crippen LogP contribution in [0.25, 0.3) is 0 Å². The third kappa shape index (κ3) is 2.96. The second kappa shape index (κ2) is 5.22. The Kier molecular flexibility index (Phi) is 4.03. The summed E-state index contributed by atoms with van der Waals surface area (Å²) < 4.78 is 17.2.